The quantitative estimate of drug-likeness (QED) is 0.541. The van der Waals surface area contributed by atoms with E-state index in [2.05, 4.69) is 10.1 Å². The van der Waals surface area contributed by atoms with E-state index in [0.29, 0.717) is 5.56 Å². The van der Waals surface area contributed by atoms with E-state index in [-0.39, 0.29) is 25.4 Å². The van der Waals surface area contributed by atoms with Crippen LogP contribution in [0.25, 0.3) is 0 Å². The van der Waals surface area contributed by atoms with E-state index in [1.54, 1.807) is 24.3 Å². The summed E-state index contributed by atoms with van der Waals surface area (Å²) in [6.45, 7) is 0.153. The van der Waals surface area contributed by atoms with Crippen LogP contribution in [0.3, 0.4) is 0 Å². The number of aliphatic hydroxyl groups excluding tert-OH is 1. The highest BCUT2D eigenvalue weighted by Gasteiger charge is 2.22. The fraction of sp³-hybridized carbons (Fsp3) is 0.385. The maximum absolute atomic E-state index is 12.2. The fourth-order valence-electron chi connectivity index (χ4n) is 1.55. The molecule has 0 aliphatic carbocycles. The van der Waals surface area contributed by atoms with Gasteiger partial charge in [-0.25, -0.2) is 0 Å². The molecular weight excluding hydrogens is 234 g/mol. The first-order valence-corrected chi connectivity index (χ1v) is 5.69. The Labute approximate surface area is 106 Å². The first-order chi connectivity index (χ1) is 8.69. The Morgan fingerprint density at radius 3 is 2.56 bits per heavy atom. The highest BCUT2D eigenvalue weighted by Crippen LogP contribution is 2.07. The van der Waals surface area contributed by atoms with Crippen molar-refractivity contribution in [1.82, 2.24) is 5.32 Å². The topological polar surface area (TPSA) is 75.6 Å². The summed E-state index contributed by atoms with van der Waals surface area (Å²) >= 11 is 0. The lowest BCUT2D eigenvalue weighted by Gasteiger charge is -2.15. The summed E-state index contributed by atoms with van der Waals surface area (Å²) in [4.78, 5) is 23.4. The van der Waals surface area contributed by atoms with Gasteiger partial charge in [0.1, 0.15) is 0 Å². The Balaban J connectivity index is 2.75. The number of carbonyl (C=O) groups is 2. The van der Waals surface area contributed by atoms with Crippen molar-refractivity contribution < 1.29 is 19.4 Å². The van der Waals surface area contributed by atoms with Gasteiger partial charge in [-0.1, -0.05) is 30.3 Å². The summed E-state index contributed by atoms with van der Waals surface area (Å²) in [6.07, 6.45) is -0.0514. The first kappa shape index (κ1) is 14.3. The third kappa shape index (κ3) is 4.27. The van der Waals surface area contributed by atoms with Gasteiger partial charge in [0.2, 0.25) is 0 Å². The normalized spacial score (nSPS) is 11.9. The minimum Gasteiger partial charge on any atom is -0.469 e. The molecule has 1 aromatic rings. The molecule has 98 valence electrons. The number of hydrogen-bond acceptors (Lipinski definition) is 5. The zero-order valence-corrected chi connectivity index (χ0v) is 10.3. The Kier molecular flexibility index (Phi) is 6.04. The molecule has 18 heavy (non-hydrogen) atoms. The average Bonchev–Trinajstić information content (AvgIpc) is 2.43. The van der Waals surface area contributed by atoms with Gasteiger partial charge in [-0.2, -0.15) is 0 Å². The Morgan fingerprint density at radius 2 is 2.00 bits per heavy atom. The van der Waals surface area contributed by atoms with Gasteiger partial charge >= 0.3 is 5.97 Å². The second-order valence-corrected chi connectivity index (χ2v) is 3.74. The number of esters is 1. The van der Waals surface area contributed by atoms with Crippen LogP contribution >= 0.6 is 0 Å². The molecular formula is C13H17NO4. The van der Waals surface area contributed by atoms with Crippen molar-refractivity contribution in [3.63, 3.8) is 0 Å². The van der Waals surface area contributed by atoms with Gasteiger partial charge < -0.3 is 15.2 Å². The molecule has 5 nitrogen and oxygen atoms in total. The van der Waals surface area contributed by atoms with Crippen molar-refractivity contribution in [2.75, 3.05) is 20.3 Å². The van der Waals surface area contributed by atoms with Gasteiger partial charge in [0.05, 0.1) is 26.2 Å². The highest BCUT2D eigenvalue weighted by atomic mass is 16.5. The number of benzene rings is 1. The Hall–Kier alpha value is -1.72. The van der Waals surface area contributed by atoms with Crippen LogP contribution in [0.1, 0.15) is 16.8 Å². The third-order valence-electron chi connectivity index (χ3n) is 2.48. The van der Waals surface area contributed by atoms with Crippen molar-refractivity contribution >= 4 is 11.8 Å². The van der Waals surface area contributed by atoms with Crippen molar-refractivity contribution in [2.24, 2.45) is 0 Å². The smallest absolute Gasteiger partial charge is 0.307 e. The van der Waals surface area contributed by atoms with Crippen LogP contribution in [0, 0.1) is 0 Å². The van der Waals surface area contributed by atoms with Gasteiger partial charge in [-0.05, 0) is 0 Å². The minimum absolute atomic E-state index is 0.0514. The van der Waals surface area contributed by atoms with Crippen LogP contribution < -0.4 is 5.32 Å². The molecule has 1 atom stereocenters. The molecule has 0 bridgehead atoms. The molecule has 5 heteroatoms. The van der Waals surface area contributed by atoms with Gasteiger partial charge in [0.25, 0.3) is 0 Å². The Morgan fingerprint density at radius 1 is 1.33 bits per heavy atom. The van der Waals surface area contributed by atoms with Crippen LogP contribution in [-0.2, 0) is 9.53 Å². The zero-order valence-electron chi connectivity index (χ0n) is 10.3. The molecule has 0 aliphatic heterocycles. The van der Waals surface area contributed by atoms with Crippen LogP contribution in [0.5, 0.6) is 0 Å². The van der Waals surface area contributed by atoms with E-state index in [1.165, 1.54) is 7.11 Å². The number of methoxy groups -OCH3 is 1. The molecule has 0 aromatic heterocycles. The lowest BCUT2D eigenvalue weighted by atomic mass is 10.0. The molecule has 2 N–H and O–H groups in total. The van der Waals surface area contributed by atoms with Gasteiger partial charge in [0, 0.05) is 12.1 Å². The fourth-order valence-corrected chi connectivity index (χ4v) is 1.55. The molecule has 0 aliphatic rings. The number of ether oxygens (including phenoxy) is 1. The molecule has 1 aromatic carbocycles. The third-order valence-corrected chi connectivity index (χ3v) is 2.48. The van der Waals surface area contributed by atoms with Crippen LogP contribution in [-0.4, -0.2) is 43.2 Å². The first-order valence-electron chi connectivity index (χ1n) is 5.69. The molecule has 0 heterocycles. The van der Waals surface area contributed by atoms with E-state index in [0.717, 1.165) is 0 Å². The van der Waals surface area contributed by atoms with E-state index < -0.39 is 12.0 Å². The Bertz CT molecular complexity index is 391. The summed E-state index contributed by atoms with van der Waals surface area (Å²) in [5.74, 6) is -0.649. The maximum Gasteiger partial charge on any atom is 0.307 e. The standard InChI is InChI=1S/C13H17NO4/c1-18-12(16)9-11(14-7-8-15)13(17)10-5-3-2-4-6-10/h2-6,11,14-15H,7-9H2,1H3. The van der Waals surface area contributed by atoms with Gasteiger partial charge in [0.15, 0.2) is 5.78 Å². The molecule has 0 spiro atoms. The molecule has 0 amide bonds. The van der Waals surface area contributed by atoms with Crippen molar-refractivity contribution in [3.8, 4) is 0 Å². The van der Waals surface area contributed by atoms with Gasteiger partial charge in [-0.3, -0.25) is 9.59 Å². The van der Waals surface area contributed by atoms with Gasteiger partial charge in [-0.15, -0.1) is 0 Å². The maximum atomic E-state index is 12.2. The molecule has 0 saturated carbocycles. The number of Topliss-reactive ketones (excluding diaryl/α,β-unsaturated/α-hetero) is 1. The monoisotopic (exact) mass is 251 g/mol. The van der Waals surface area contributed by atoms with Crippen LogP contribution in [0.15, 0.2) is 30.3 Å². The molecule has 0 saturated heterocycles. The van der Waals surface area contributed by atoms with Crippen LogP contribution in [0.2, 0.25) is 0 Å². The number of nitrogens with one attached hydrogen (secondary N) is 1. The second-order valence-electron chi connectivity index (χ2n) is 3.74. The summed E-state index contributed by atoms with van der Waals surface area (Å²) in [5.41, 5.74) is 0.525. The minimum atomic E-state index is -0.674. The number of carbonyl (C=O) groups excluding carboxylic acids is 2. The lowest BCUT2D eigenvalue weighted by Crippen LogP contribution is -2.40. The number of hydrogen-bond donors (Lipinski definition) is 2. The van der Waals surface area contributed by atoms with Crippen molar-refractivity contribution in [2.45, 2.75) is 12.5 Å². The molecule has 1 unspecified atom stereocenters. The second kappa shape index (κ2) is 7.58. The largest absolute Gasteiger partial charge is 0.469 e. The summed E-state index contributed by atoms with van der Waals surface area (Å²) in [7, 11) is 1.28. The highest BCUT2D eigenvalue weighted by molar-refractivity contribution is 6.01. The van der Waals surface area contributed by atoms with Crippen molar-refractivity contribution in [1.29, 1.82) is 0 Å². The SMILES string of the molecule is COC(=O)CC(NCCO)C(=O)c1ccccc1. The van der Waals surface area contributed by atoms with E-state index in [9.17, 15) is 9.59 Å². The number of rotatable bonds is 7. The molecule has 0 fully saturated rings. The predicted molar refractivity (Wildman–Crippen MR) is 66.3 cm³/mol. The van der Waals surface area contributed by atoms with E-state index in [4.69, 9.17) is 5.11 Å². The predicted octanol–water partition coefficient (Wildman–Crippen LogP) is 0.383. The average molecular weight is 251 g/mol. The summed E-state index contributed by atoms with van der Waals surface area (Å²) in [5, 5.41) is 11.6. The summed E-state index contributed by atoms with van der Waals surface area (Å²) < 4.78 is 4.55. The van der Waals surface area contributed by atoms with Crippen molar-refractivity contribution in [3.05, 3.63) is 35.9 Å². The summed E-state index contributed by atoms with van der Waals surface area (Å²) in [6, 6.07) is 8.03. The van der Waals surface area contributed by atoms with E-state index in [1.807, 2.05) is 6.07 Å². The van der Waals surface area contributed by atoms with E-state index >= 15 is 0 Å². The number of aliphatic hydroxyl groups is 1. The zero-order chi connectivity index (χ0) is 13.4. The number of ketones is 1. The molecule has 1 rings (SSSR count). The lowest BCUT2D eigenvalue weighted by molar-refractivity contribution is -0.141. The molecule has 0 radical (unpaired) electrons. The van der Waals surface area contributed by atoms with Crippen LogP contribution in [0.4, 0.5) is 0 Å².